The third-order valence-electron chi connectivity index (χ3n) is 2.87. The molecule has 0 bridgehead atoms. The molecule has 0 saturated carbocycles. The van der Waals surface area contributed by atoms with E-state index in [1.165, 1.54) is 20.3 Å². The lowest BCUT2D eigenvalue weighted by atomic mass is 10.0. The fourth-order valence-electron chi connectivity index (χ4n) is 1.85. The van der Waals surface area contributed by atoms with Crippen LogP contribution in [-0.2, 0) is 4.74 Å². The van der Waals surface area contributed by atoms with Gasteiger partial charge in [-0.1, -0.05) is 12.1 Å². The van der Waals surface area contributed by atoms with Crippen molar-refractivity contribution in [3.63, 3.8) is 0 Å². The number of nitrogens with zero attached hydrogens (tertiary/aromatic N) is 1. The van der Waals surface area contributed by atoms with Crippen LogP contribution in [0, 0.1) is 0 Å². The number of esters is 1. The lowest BCUT2D eigenvalue weighted by molar-refractivity contribution is 0.0597. The number of aromatic nitrogens is 1. The van der Waals surface area contributed by atoms with Crippen LogP contribution < -0.4 is 4.74 Å². The quantitative estimate of drug-likeness (QED) is 0.875. The van der Waals surface area contributed by atoms with Crippen molar-refractivity contribution in [2.75, 3.05) is 14.2 Å². The van der Waals surface area contributed by atoms with Gasteiger partial charge in [-0.3, -0.25) is 4.98 Å². The number of phenols is 1. The molecule has 0 aliphatic rings. The van der Waals surface area contributed by atoms with Crippen molar-refractivity contribution in [2.45, 2.75) is 0 Å². The fourth-order valence-corrected chi connectivity index (χ4v) is 1.85. The Morgan fingerprint density at radius 3 is 2.67 bits per heavy atom. The van der Waals surface area contributed by atoms with E-state index in [0.29, 0.717) is 11.3 Å². The number of ether oxygens (including phenoxy) is 2. The number of benzene rings is 1. The van der Waals surface area contributed by atoms with Crippen LogP contribution in [0.2, 0.25) is 0 Å². The second-order valence-corrected chi connectivity index (χ2v) is 4.19. The molecular formula is C16H15NO4. The second-order valence-electron chi connectivity index (χ2n) is 4.19. The number of carbonyl (C=O) groups excluding carboxylic acids is 1. The Morgan fingerprint density at radius 1 is 1.24 bits per heavy atom. The monoisotopic (exact) mass is 285 g/mol. The zero-order valence-corrected chi connectivity index (χ0v) is 11.7. The second kappa shape index (κ2) is 6.56. The van der Waals surface area contributed by atoms with Crippen molar-refractivity contribution >= 4 is 18.1 Å². The first kappa shape index (κ1) is 14.6. The Labute approximate surface area is 122 Å². The summed E-state index contributed by atoms with van der Waals surface area (Å²) in [5, 5.41) is 9.97. The standard InChI is InChI=1S/C16H15NO4/c1-20-13-9-11(6-7-12-5-3-4-8-17-12)15(14(18)10-13)16(19)21-2/h3-10,18H,1-2H3/b7-6+. The number of phenolic OH excluding ortho intramolecular Hbond substituents is 1. The molecule has 21 heavy (non-hydrogen) atoms. The summed E-state index contributed by atoms with van der Waals surface area (Å²) in [5.41, 5.74) is 1.31. The molecule has 108 valence electrons. The van der Waals surface area contributed by atoms with Crippen molar-refractivity contribution in [1.29, 1.82) is 0 Å². The minimum Gasteiger partial charge on any atom is -0.507 e. The molecule has 0 radical (unpaired) electrons. The molecule has 2 rings (SSSR count). The molecule has 1 aromatic heterocycles. The maximum Gasteiger partial charge on any atom is 0.342 e. The van der Waals surface area contributed by atoms with Gasteiger partial charge in [-0.15, -0.1) is 0 Å². The first-order valence-electron chi connectivity index (χ1n) is 6.24. The molecule has 5 heteroatoms. The number of carbonyl (C=O) groups is 1. The Morgan fingerprint density at radius 2 is 2.05 bits per heavy atom. The van der Waals surface area contributed by atoms with E-state index >= 15 is 0 Å². The number of aromatic hydroxyl groups is 1. The van der Waals surface area contributed by atoms with E-state index in [9.17, 15) is 9.90 Å². The Kier molecular flexibility index (Phi) is 4.56. The van der Waals surface area contributed by atoms with E-state index < -0.39 is 5.97 Å². The lowest BCUT2D eigenvalue weighted by Crippen LogP contribution is -2.04. The van der Waals surface area contributed by atoms with E-state index in [1.54, 1.807) is 24.4 Å². The van der Waals surface area contributed by atoms with Gasteiger partial charge < -0.3 is 14.6 Å². The van der Waals surface area contributed by atoms with Gasteiger partial charge in [0, 0.05) is 12.3 Å². The molecule has 0 atom stereocenters. The van der Waals surface area contributed by atoms with Crippen LogP contribution in [-0.4, -0.2) is 30.3 Å². The maximum absolute atomic E-state index is 11.8. The van der Waals surface area contributed by atoms with Crippen LogP contribution in [0.4, 0.5) is 0 Å². The summed E-state index contributed by atoms with van der Waals surface area (Å²) in [6, 6.07) is 8.51. The molecule has 1 heterocycles. The van der Waals surface area contributed by atoms with Gasteiger partial charge in [0.05, 0.1) is 19.9 Å². The highest BCUT2D eigenvalue weighted by molar-refractivity contribution is 5.97. The summed E-state index contributed by atoms with van der Waals surface area (Å²) >= 11 is 0. The fraction of sp³-hybridized carbons (Fsp3) is 0.125. The topological polar surface area (TPSA) is 68.7 Å². The summed E-state index contributed by atoms with van der Waals surface area (Å²) in [6.07, 6.45) is 5.08. The van der Waals surface area contributed by atoms with Gasteiger partial charge in [0.25, 0.3) is 0 Å². The van der Waals surface area contributed by atoms with Gasteiger partial charge in [0.15, 0.2) is 0 Å². The molecule has 2 aromatic rings. The maximum atomic E-state index is 11.8. The molecule has 0 aliphatic carbocycles. The third-order valence-corrected chi connectivity index (χ3v) is 2.87. The number of hydrogen-bond acceptors (Lipinski definition) is 5. The van der Waals surface area contributed by atoms with Crippen LogP contribution >= 0.6 is 0 Å². The molecule has 0 fully saturated rings. The van der Waals surface area contributed by atoms with Crippen LogP contribution in [0.3, 0.4) is 0 Å². The van der Waals surface area contributed by atoms with E-state index in [2.05, 4.69) is 4.98 Å². The lowest BCUT2D eigenvalue weighted by Gasteiger charge is -2.09. The van der Waals surface area contributed by atoms with Crippen molar-refractivity contribution < 1.29 is 19.4 Å². The van der Waals surface area contributed by atoms with Crippen molar-refractivity contribution in [3.05, 3.63) is 53.3 Å². The minimum absolute atomic E-state index is 0.0884. The molecule has 0 spiro atoms. The normalized spacial score (nSPS) is 10.6. The van der Waals surface area contributed by atoms with E-state index in [-0.39, 0.29) is 11.3 Å². The van der Waals surface area contributed by atoms with Crippen LogP contribution in [0.5, 0.6) is 11.5 Å². The van der Waals surface area contributed by atoms with Gasteiger partial charge in [-0.25, -0.2) is 4.79 Å². The smallest absolute Gasteiger partial charge is 0.342 e. The molecule has 0 saturated heterocycles. The van der Waals surface area contributed by atoms with Crippen molar-refractivity contribution in [1.82, 2.24) is 4.98 Å². The van der Waals surface area contributed by atoms with Crippen LogP contribution in [0.1, 0.15) is 21.6 Å². The number of hydrogen-bond donors (Lipinski definition) is 1. The average molecular weight is 285 g/mol. The Balaban J connectivity index is 2.47. The van der Waals surface area contributed by atoms with Gasteiger partial charge in [-0.2, -0.15) is 0 Å². The number of methoxy groups -OCH3 is 2. The molecule has 0 unspecified atom stereocenters. The van der Waals surface area contributed by atoms with Crippen molar-refractivity contribution in [3.8, 4) is 11.5 Å². The SMILES string of the molecule is COC(=O)c1c(O)cc(OC)cc1/C=C/c1ccccn1. The summed E-state index contributed by atoms with van der Waals surface area (Å²) in [7, 11) is 2.75. The largest absolute Gasteiger partial charge is 0.507 e. The minimum atomic E-state index is -0.615. The zero-order chi connectivity index (χ0) is 15.2. The van der Waals surface area contributed by atoms with Crippen molar-refractivity contribution in [2.24, 2.45) is 0 Å². The highest BCUT2D eigenvalue weighted by atomic mass is 16.5. The Bertz CT molecular complexity index is 665. The molecule has 0 aliphatic heterocycles. The summed E-state index contributed by atoms with van der Waals surface area (Å²) in [6.45, 7) is 0. The average Bonchev–Trinajstić information content (AvgIpc) is 2.52. The van der Waals surface area contributed by atoms with E-state index in [4.69, 9.17) is 9.47 Å². The molecule has 1 N–H and O–H groups in total. The zero-order valence-electron chi connectivity index (χ0n) is 11.7. The van der Waals surface area contributed by atoms with E-state index in [1.807, 2.05) is 18.2 Å². The molecule has 0 amide bonds. The molecular weight excluding hydrogens is 270 g/mol. The number of rotatable bonds is 4. The van der Waals surface area contributed by atoms with Gasteiger partial charge >= 0.3 is 5.97 Å². The van der Waals surface area contributed by atoms with Crippen LogP contribution in [0.15, 0.2) is 36.5 Å². The van der Waals surface area contributed by atoms with Gasteiger partial charge in [0.1, 0.15) is 17.1 Å². The predicted molar refractivity (Wildman–Crippen MR) is 79.2 cm³/mol. The summed E-state index contributed by atoms with van der Waals surface area (Å²) < 4.78 is 9.79. The van der Waals surface area contributed by atoms with E-state index in [0.717, 1.165) is 5.69 Å². The highest BCUT2D eigenvalue weighted by Gasteiger charge is 2.17. The first-order valence-corrected chi connectivity index (χ1v) is 6.24. The molecule has 5 nitrogen and oxygen atoms in total. The molecule has 1 aromatic carbocycles. The summed E-state index contributed by atoms with van der Waals surface area (Å²) in [4.78, 5) is 16.0. The van der Waals surface area contributed by atoms with Crippen LogP contribution in [0.25, 0.3) is 12.2 Å². The number of pyridine rings is 1. The third kappa shape index (κ3) is 3.39. The first-order chi connectivity index (χ1) is 10.2. The summed E-state index contributed by atoms with van der Waals surface area (Å²) in [5.74, 6) is -0.362. The predicted octanol–water partition coefficient (Wildman–Crippen LogP) is 2.75. The van der Waals surface area contributed by atoms with Gasteiger partial charge in [0.2, 0.25) is 0 Å². The highest BCUT2D eigenvalue weighted by Crippen LogP contribution is 2.29. The Hall–Kier alpha value is -2.82. The van der Waals surface area contributed by atoms with Gasteiger partial charge in [-0.05, 0) is 29.8 Å².